The first-order valence-electron chi connectivity index (χ1n) is 6.34. The predicted molar refractivity (Wildman–Crippen MR) is 68.7 cm³/mol. The first-order valence-corrected chi connectivity index (χ1v) is 6.34. The van der Waals surface area contributed by atoms with Crippen LogP contribution in [0.2, 0.25) is 0 Å². The zero-order valence-electron chi connectivity index (χ0n) is 10.4. The first kappa shape index (κ1) is 12.9. The van der Waals surface area contributed by atoms with E-state index in [1.165, 1.54) is 6.08 Å². The second-order valence-electron chi connectivity index (χ2n) is 4.93. The van der Waals surface area contributed by atoms with Crippen molar-refractivity contribution in [2.75, 3.05) is 13.2 Å². The summed E-state index contributed by atoms with van der Waals surface area (Å²) in [6.45, 7) is 0.694. The third-order valence-corrected chi connectivity index (χ3v) is 3.58. The number of amides is 1. The van der Waals surface area contributed by atoms with Crippen LogP contribution in [-0.4, -0.2) is 24.2 Å². The van der Waals surface area contributed by atoms with Gasteiger partial charge < -0.3 is 14.8 Å². The van der Waals surface area contributed by atoms with E-state index >= 15 is 0 Å². The molecule has 2 N–H and O–H groups in total. The molecule has 98 valence electrons. The molecular formula is C14H19NO3. The van der Waals surface area contributed by atoms with Crippen molar-refractivity contribution < 1.29 is 14.3 Å². The van der Waals surface area contributed by atoms with Crippen LogP contribution in [0, 0.1) is 5.41 Å². The summed E-state index contributed by atoms with van der Waals surface area (Å²) in [7, 11) is 0. The van der Waals surface area contributed by atoms with E-state index in [2.05, 4.69) is 5.32 Å². The van der Waals surface area contributed by atoms with E-state index in [4.69, 9.17) is 4.42 Å². The van der Waals surface area contributed by atoms with Gasteiger partial charge in [0.15, 0.2) is 0 Å². The Labute approximate surface area is 107 Å². The van der Waals surface area contributed by atoms with Crippen molar-refractivity contribution in [3.8, 4) is 0 Å². The summed E-state index contributed by atoms with van der Waals surface area (Å²) in [4.78, 5) is 11.6. The van der Waals surface area contributed by atoms with Crippen molar-refractivity contribution in [1.29, 1.82) is 0 Å². The topological polar surface area (TPSA) is 62.5 Å². The van der Waals surface area contributed by atoms with Crippen molar-refractivity contribution in [2.45, 2.75) is 25.7 Å². The first-order chi connectivity index (χ1) is 8.74. The number of aliphatic hydroxyl groups is 1. The lowest BCUT2D eigenvalue weighted by Crippen LogP contribution is -2.37. The minimum Gasteiger partial charge on any atom is -0.465 e. The Bertz CT molecular complexity index is 403. The number of hydrogen-bond acceptors (Lipinski definition) is 3. The van der Waals surface area contributed by atoms with E-state index in [0.29, 0.717) is 12.3 Å². The lowest BCUT2D eigenvalue weighted by molar-refractivity contribution is -0.117. The highest BCUT2D eigenvalue weighted by Crippen LogP contribution is 2.36. The maximum absolute atomic E-state index is 11.6. The van der Waals surface area contributed by atoms with Crippen LogP contribution in [0.1, 0.15) is 31.4 Å². The van der Waals surface area contributed by atoms with E-state index in [9.17, 15) is 9.90 Å². The third kappa shape index (κ3) is 3.23. The van der Waals surface area contributed by atoms with Crippen LogP contribution in [0.25, 0.3) is 6.08 Å². The molecule has 18 heavy (non-hydrogen) atoms. The van der Waals surface area contributed by atoms with Gasteiger partial charge in [0.05, 0.1) is 12.9 Å². The summed E-state index contributed by atoms with van der Waals surface area (Å²) in [5.41, 5.74) is -0.103. The molecule has 4 nitrogen and oxygen atoms in total. The monoisotopic (exact) mass is 249 g/mol. The number of furan rings is 1. The number of hydrogen-bond donors (Lipinski definition) is 2. The zero-order valence-corrected chi connectivity index (χ0v) is 10.4. The normalized spacial score (nSPS) is 18.3. The average molecular weight is 249 g/mol. The van der Waals surface area contributed by atoms with Crippen LogP contribution < -0.4 is 5.32 Å². The van der Waals surface area contributed by atoms with Gasteiger partial charge in [0.2, 0.25) is 5.91 Å². The molecule has 0 aromatic carbocycles. The molecule has 0 atom stereocenters. The van der Waals surface area contributed by atoms with Crippen molar-refractivity contribution in [2.24, 2.45) is 5.41 Å². The number of rotatable bonds is 5. The van der Waals surface area contributed by atoms with Gasteiger partial charge in [-0.15, -0.1) is 0 Å². The highest BCUT2D eigenvalue weighted by Gasteiger charge is 2.33. The van der Waals surface area contributed by atoms with E-state index in [0.717, 1.165) is 25.7 Å². The van der Waals surface area contributed by atoms with Gasteiger partial charge in [0, 0.05) is 18.0 Å². The fraction of sp³-hybridized carbons (Fsp3) is 0.500. The van der Waals surface area contributed by atoms with Crippen LogP contribution in [0.3, 0.4) is 0 Å². The number of carbonyl (C=O) groups is 1. The highest BCUT2D eigenvalue weighted by atomic mass is 16.3. The summed E-state index contributed by atoms with van der Waals surface area (Å²) in [5, 5.41) is 12.3. The van der Waals surface area contributed by atoms with Gasteiger partial charge in [-0.1, -0.05) is 12.8 Å². The fourth-order valence-electron chi connectivity index (χ4n) is 2.39. The molecule has 0 unspecified atom stereocenters. The summed E-state index contributed by atoms with van der Waals surface area (Å²) >= 11 is 0. The zero-order chi connectivity index (χ0) is 12.8. The van der Waals surface area contributed by atoms with E-state index in [-0.39, 0.29) is 17.9 Å². The summed E-state index contributed by atoms with van der Waals surface area (Å²) in [6, 6.07) is 3.56. The smallest absolute Gasteiger partial charge is 0.244 e. The molecule has 1 aromatic rings. The Kier molecular flexibility index (Phi) is 4.20. The maximum atomic E-state index is 11.6. The molecule has 1 heterocycles. The molecule has 0 aliphatic heterocycles. The largest absolute Gasteiger partial charge is 0.465 e. The molecule has 0 saturated heterocycles. The van der Waals surface area contributed by atoms with Gasteiger partial charge in [0.25, 0.3) is 0 Å². The minimum absolute atomic E-state index is 0.103. The Morgan fingerprint density at radius 1 is 1.50 bits per heavy atom. The molecule has 1 aliphatic carbocycles. The van der Waals surface area contributed by atoms with Gasteiger partial charge in [-0.3, -0.25) is 4.79 Å². The van der Waals surface area contributed by atoms with Gasteiger partial charge in [0.1, 0.15) is 5.76 Å². The van der Waals surface area contributed by atoms with Gasteiger partial charge in [-0.25, -0.2) is 0 Å². The summed E-state index contributed by atoms with van der Waals surface area (Å²) in [6.07, 6.45) is 8.92. The summed E-state index contributed by atoms with van der Waals surface area (Å²) in [5.74, 6) is 0.508. The molecule has 1 aliphatic rings. The molecule has 4 heteroatoms. The quantitative estimate of drug-likeness (QED) is 0.784. The van der Waals surface area contributed by atoms with Crippen LogP contribution in [0.15, 0.2) is 28.9 Å². The number of carbonyl (C=O) groups excluding carboxylic acids is 1. The molecule has 0 bridgehead atoms. The van der Waals surface area contributed by atoms with Crippen LogP contribution in [0.5, 0.6) is 0 Å². The van der Waals surface area contributed by atoms with E-state index in [1.54, 1.807) is 24.5 Å². The lowest BCUT2D eigenvalue weighted by atomic mass is 9.87. The molecule has 0 radical (unpaired) electrons. The van der Waals surface area contributed by atoms with Crippen molar-refractivity contribution in [3.63, 3.8) is 0 Å². The molecule has 0 spiro atoms. The van der Waals surface area contributed by atoms with Crippen molar-refractivity contribution in [3.05, 3.63) is 30.2 Å². The third-order valence-electron chi connectivity index (χ3n) is 3.58. The molecule has 1 amide bonds. The molecule has 2 rings (SSSR count). The Morgan fingerprint density at radius 3 is 2.89 bits per heavy atom. The molecule has 1 aromatic heterocycles. The van der Waals surface area contributed by atoms with Gasteiger partial charge in [-0.05, 0) is 31.1 Å². The van der Waals surface area contributed by atoms with Crippen LogP contribution >= 0.6 is 0 Å². The minimum atomic E-state index is -0.147. The second kappa shape index (κ2) is 5.87. The van der Waals surface area contributed by atoms with Crippen LogP contribution in [-0.2, 0) is 4.79 Å². The molecule has 1 fully saturated rings. The Morgan fingerprint density at radius 2 is 2.28 bits per heavy atom. The fourth-order valence-corrected chi connectivity index (χ4v) is 2.39. The Balaban J connectivity index is 1.81. The average Bonchev–Trinajstić information content (AvgIpc) is 3.06. The SMILES string of the molecule is O=C(/C=C/c1ccco1)NCC1(CO)CCCC1. The van der Waals surface area contributed by atoms with E-state index < -0.39 is 0 Å². The summed E-state index contributed by atoms with van der Waals surface area (Å²) < 4.78 is 5.10. The molecular weight excluding hydrogens is 230 g/mol. The molecule has 1 saturated carbocycles. The number of aliphatic hydroxyl groups excluding tert-OH is 1. The number of nitrogens with one attached hydrogen (secondary N) is 1. The van der Waals surface area contributed by atoms with Gasteiger partial charge in [-0.2, -0.15) is 0 Å². The van der Waals surface area contributed by atoms with Crippen LogP contribution in [0.4, 0.5) is 0 Å². The standard InChI is InChI=1S/C14H19NO3/c16-11-14(7-1-2-8-14)10-15-13(17)6-5-12-4-3-9-18-12/h3-6,9,16H,1-2,7-8,10-11H2,(H,15,17)/b6-5+. The Hall–Kier alpha value is -1.55. The van der Waals surface area contributed by atoms with Gasteiger partial charge >= 0.3 is 0 Å². The van der Waals surface area contributed by atoms with E-state index in [1.807, 2.05) is 0 Å². The highest BCUT2D eigenvalue weighted by molar-refractivity contribution is 5.91. The van der Waals surface area contributed by atoms with Crippen molar-refractivity contribution >= 4 is 12.0 Å². The van der Waals surface area contributed by atoms with Crippen molar-refractivity contribution in [1.82, 2.24) is 5.32 Å². The predicted octanol–water partition coefficient (Wildman–Crippen LogP) is 1.96. The second-order valence-corrected chi connectivity index (χ2v) is 4.93. The maximum Gasteiger partial charge on any atom is 0.244 e. The lowest BCUT2D eigenvalue weighted by Gasteiger charge is -2.26.